The second kappa shape index (κ2) is 7.93. The van der Waals surface area contributed by atoms with Crippen LogP contribution in [0.3, 0.4) is 0 Å². The van der Waals surface area contributed by atoms with Gasteiger partial charge in [-0.2, -0.15) is 5.10 Å². The lowest BCUT2D eigenvalue weighted by Crippen LogP contribution is -2.49. The van der Waals surface area contributed by atoms with Gasteiger partial charge in [-0.25, -0.2) is 9.97 Å². The van der Waals surface area contributed by atoms with Crippen LogP contribution in [0.15, 0.2) is 36.8 Å². The maximum Gasteiger partial charge on any atom is 0.234 e. The molecule has 2 aromatic heterocycles. The molecule has 0 atom stereocenters. The number of amides is 1. The van der Waals surface area contributed by atoms with Crippen LogP contribution in [0.1, 0.15) is 11.1 Å². The Bertz CT molecular complexity index is 976. The zero-order valence-corrected chi connectivity index (χ0v) is 16.3. The van der Waals surface area contributed by atoms with E-state index in [1.54, 1.807) is 11.0 Å². The number of benzene rings is 1. The first-order valence-corrected chi connectivity index (χ1v) is 9.53. The van der Waals surface area contributed by atoms with Crippen molar-refractivity contribution in [1.29, 1.82) is 0 Å². The molecule has 1 aromatic carbocycles. The molecule has 0 radical (unpaired) electrons. The van der Waals surface area contributed by atoms with E-state index in [4.69, 9.17) is 0 Å². The Morgan fingerprint density at radius 1 is 1.14 bits per heavy atom. The molecular weight excluding hydrogens is 354 g/mol. The van der Waals surface area contributed by atoms with Gasteiger partial charge in [0.25, 0.3) is 0 Å². The zero-order valence-electron chi connectivity index (χ0n) is 16.3. The number of aromatic nitrogens is 4. The van der Waals surface area contributed by atoms with E-state index >= 15 is 0 Å². The Morgan fingerprint density at radius 3 is 2.71 bits per heavy atom. The summed E-state index contributed by atoms with van der Waals surface area (Å²) in [6.45, 7) is 6.36. The predicted molar refractivity (Wildman–Crippen MR) is 108 cm³/mol. The molecule has 0 aliphatic carbocycles. The number of nitrogens with one attached hydrogen (secondary N) is 1. The van der Waals surface area contributed by atoms with E-state index in [1.165, 1.54) is 5.56 Å². The number of hydrogen-bond acceptors (Lipinski definition) is 6. The molecule has 8 heteroatoms. The third-order valence-electron chi connectivity index (χ3n) is 5.28. The van der Waals surface area contributed by atoms with Gasteiger partial charge in [0.2, 0.25) is 5.91 Å². The van der Waals surface area contributed by atoms with Gasteiger partial charge >= 0.3 is 0 Å². The first kappa shape index (κ1) is 18.4. The molecule has 3 aromatic rings. The van der Waals surface area contributed by atoms with Crippen molar-refractivity contribution in [3.05, 3.63) is 47.9 Å². The quantitative estimate of drug-likeness (QED) is 0.715. The van der Waals surface area contributed by atoms with Crippen molar-refractivity contribution in [3.63, 3.8) is 0 Å². The molecule has 0 unspecified atom stereocenters. The van der Waals surface area contributed by atoms with Gasteiger partial charge in [-0.1, -0.05) is 24.3 Å². The summed E-state index contributed by atoms with van der Waals surface area (Å²) < 4.78 is 1.76. The highest BCUT2D eigenvalue weighted by molar-refractivity contribution is 5.86. The standard InChI is InChI=1S/C20H25N7O/c1-15-5-3-4-6-16(15)11-21-18(28)13-26-7-9-27(10-8-26)20-17-12-24-25(2)19(17)22-14-23-20/h3-6,12,14H,7-11,13H2,1-2H3,(H,21,28). The lowest BCUT2D eigenvalue weighted by atomic mass is 10.1. The van der Waals surface area contributed by atoms with E-state index in [-0.39, 0.29) is 5.91 Å². The second-order valence-corrected chi connectivity index (χ2v) is 7.17. The van der Waals surface area contributed by atoms with Crippen LogP contribution in [-0.4, -0.2) is 63.3 Å². The van der Waals surface area contributed by atoms with Crippen LogP contribution in [0.2, 0.25) is 0 Å². The summed E-state index contributed by atoms with van der Waals surface area (Å²) in [6, 6.07) is 8.12. The molecule has 3 heterocycles. The average molecular weight is 379 g/mol. The van der Waals surface area contributed by atoms with E-state index in [2.05, 4.69) is 49.2 Å². The Hall–Kier alpha value is -3.00. The average Bonchev–Trinajstić information content (AvgIpc) is 3.09. The van der Waals surface area contributed by atoms with Crippen LogP contribution < -0.4 is 10.2 Å². The van der Waals surface area contributed by atoms with E-state index < -0.39 is 0 Å². The van der Waals surface area contributed by atoms with Crippen LogP contribution in [-0.2, 0) is 18.4 Å². The summed E-state index contributed by atoms with van der Waals surface area (Å²) in [5.74, 6) is 0.982. The number of nitrogens with zero attached hydrogens (tertiary/aromatic N) is 6. The summed E-state index contributed by atoms with van der Waals surface area (Å²) in [5.41, 5.74) is 3.19. The lowest BCUT2D eigenvalue weighted by molar-refractivity contribution is -0.122. The van der Waals surface area contributed by atoms with E-state index in [9.17, 15) is 4.79 Å². The Balaban J connectivity index is 1.30. The number of hydrogen-bond donors (Lipinski definition) is 1. The molecule has 1 amide bonds. The van der Waals surface area contributed by atoms with Crippen molar-refractivity contribution in [2.75, 3.05) is 37.6 Å². The molecule has 8 nitrogen and oxygen atoms in total. The van der Waals surface area contributed by atoms with Crippen LogP contribution in [0.4, 0.5) is 5.82 Å². The monoisotopic (exact) mass is 379 g/mol. The number of carbonyl (C=O) groups is 1. The molecule has 4 rings (SSSR count). The highest BCUT2D eigenvalue weighted by Crippen LogP contribution is 2.23. The third kappa shape index (κ3) is 3.82. The number of fused-ring (bicyclic) bond motifs is 1. The van der Waals surface area contributed by atoms with Crippen LogP contribution >= 0.6 is 0 Å². The SMILES string of the molecule is Cc1ccccc1CNC(=O)CN1CCN(c2ncnc3c2cnn3C)CC1. The Labute approximate surface area is 164 Å². The minimum Gasteiger partial charge on any atom is -0.353 e. The van der Waals surface area contributed by atoms with Gasteiger partial charge in [0.1, 0.15) is 12.1 Å². The first-order chi connectivity index (χ1) is 13.6. The molecule has 1 aliphatic heterocycles. The number of piperazine rings is 1. The number of carbonyl (C=O) groups excluding carboxylic acids is 1. The summed E-state index contributed by atoms with van der Waals surface area (Å²) in [5, 5.41) is 8.28. The van der Waals surface area contributed by atoms with Gasteiger partial charge in [-0.05, 0) is 18.1 Å². The Kier molecular flexibility index (Phi) is 5.21. The van der Waals surface area contributed by atoms with Crippen LogP contribution in [0, 0.1) is 6.92 Å². The molecule has 1 N–H and O–H groups in total. The zero-order chi connectivity index (χ0) is 19.5. The summed E-state index contributed by atoms with van der Waals surface area (Å²) >= 11 is 0. The third-order valence-corrected chi connectivity index (χ3v) is 5.28. The fraction of sp³-hybridized carbons (Fsp3) is 0.400. The minimum absolute atomic E-state index is 0.0633. The van der Waals surface area contributed by atoms with Crippen molar-refractivity contribution < 1.29 is 4.79 Å². The van der Waals surface area contributed by atoms with E-state index in [0.717, 1.165) is 48.6 Å². The molecule has 1 saturated heterocycles. The van der Waals surface area contributed by atoms with Crippen molar-refractivity contribution in [1.82, 2.24) is 30.0 Å². The molecule has 146 valence electrons. The fourth-order valence-corrected chi connectivity index (χ4v) is 3.58. The van der Waals surface area contributed by atoms with Gasteiger partial charge in [-0.15, -0.1) is 0 Å². The molecule has 0 saturated carbocycles. The van der Waals surface area contributed by atoms with Crippen molar-refractivity contribution in [2.45, 2.75) is 13.5 Å². The molecule has 0 bridgehead atoms. The van der Waals surface area contributed by atoms with Gasteiger partial charge in [0.05, 0.1) is 18.1 Å². The molecule has 28 heavy (non-hydrogen) atoms. The number of aryl methyl sites for hydroxylation is 2. The smallest absolute Gasteiger partial charge is 0.234 e. The van der Waals surface area contributed by atoms with Crippen LogP contribution in [0.25, 0.3) is 11.0 Å². The molecule has 1 fully saturated rings. The highest BCUT2D eigenvalue weighted by atomic mass is 16.2. The Morgan fingerprint density at radius 2 is 1.93 bits per heavy atom. The van der Waals surface area contributed by atoms with Gasteiger partial charge in [0, 0.05) is 39.8 Å². The van der Waals surface area contributed by atoms with Crippen molar-refractivity contribution in [2.24, 2.45) is 7.05 Å². The van der Waals surface area contributed by atoms with Gasteiger partial charge in [-0.3, -0.25) is 14.4 Å². The van der Waals surface area contributed by atoms with Crippen molar-refractivity contribution >= 4 is 22.8 Å². The molecule has 1 aliphatic rings. The summed E-state index contributed by atoms with van der Waals surface area (Å²) in [6.07, 6.45) is 3.40. The largest absolute Gasteiger partial charge is 0.353 e. The molecular formula is C20H25N7O. The summed E-state index contributed by atoms with van der Waals surface area (Å²) in [7, 11) is 1.88. The van der Waals surface area contributed by atoms with Crippen LogP contribution in [0.5, 0.6) is 0 Å². The van der Waals surface area contributed by atoms with Crippen molar-refractivity contribution in [3.8, 4) is 0 Å². The first-order valence-electron chi connectivity index (χ1n) is 9.53. The van der Waals surface area contributed by atoms with Gasteiger partial charge in [0.15, 0.2) is 5.65 Å². The second-order valence-electron chi connectivity index (χ2n) is 7.17. The van der Waals surface area contributed by atoms with E-state index in [0.29, 0.717) is 13.1 Å². The summed E-state index contributed by atoms with van der Waals surface area (Å²) in [4.78, 5) is 25.5. The maximum atomic E-state index is 12.3. The molecule has 0 spiro atoms. The van der Waals surface area contributed by atoms with E-state index in [1.807, 2.05) is 25.4 Å². The topological polar surface area (TPSA) is 79.2 Å². The maximum absolute atomic E-state index is 12.3. The highest BCUT2D eigenvalue weighted by Gasteiger charge is 2.22. The minimum atomic E-state index is 0.0633. The van der Waals surface area contributed by atoms with Gasteiger partial charge < -0.3 is 10.2 Å². The predicted octanol–water partition coefficient (Wildman–Crippen LogP) is 1.11. The normalized spacial score (nSPS) is 15.1. The number of rotatable bonds is 5. The fourth-order valence-electron chi connectivity index (χ4n) is 3.58. The number of anilines is 1. The lowest BCUT2D eigenvalue weighted by Gasteiger charge is -2.35.